The summed E-state index contributed by atoms with van der Waals surface area (Å²) >= 11 is 7.28. The topological polar surface area (TPSA) is 103 Å². The molecule has 1 fully saturated rings. The van der Waals surface area contributed by atoms with E-state index >= 15 is 0 Å². The minimum Gasteiger partial charge on any atom is -0.464 e. The molecule has 3 aromatic rings. The van der Waals surface area contributed by atoms with Crippen LogP contribution in [-0.2, 0) is 23.1 Å². The first-order chi connectivity index (χ1) is 16.2. The van der Waals surface area contributed by atoms with E-state index in [9.17, 15) is 27.1 Å². The van der Waals surface area contributed by atoms with E-state index in [4.69, 9.17) is 11.6 Å². The Labute approximate surface area is 203 Å². The number of thiazole rings is 1. The van der Waals surface area contributed by atoms with E-state index in [0.717, 1.165) is 59.5 Å². The maximum atomic E-state index is 14.9. The van der Waals surface area contributed by atoms with Gasteiger partial charge in [0.25, 0.3) is 10.0 Å². The normalized spacial score (nSPS) is 14.0. The molecule has 180 valence electrons. The highest BCUT2D eigenvalue weighted by atomic mass is 35.5. The number of sulfonamides is 1. The molecular weight excluding hydrogens is 510 g/mol. The highest BCUT2D eigenvalue weighted by molar-refractivity contribution is 7.93. The van der Waals surface area contributed by atoms with E-state index in [1.54, 1.807) is 6.07 Å². The summed E-state index contributed by atoms with van der Waals surface area (Å²) in [6.45, 7) is 2.81. The fraction of sp³-hybridized carbons (Fsp3) is 0.238. The van der Waals surface area contributed by atoms with Crippen molar-refractivity contribution < 1.29 is 27.1 Å². The third-order valence-corrected chi connectivity index (χ3v) is 7.98. The number of likely N-dealkylation sites (tertiary alicyclic amines) is 1. The molecule has 4 rings (SSSR count). The minimum atomic E-state index is -5.12. The third-order valence-electron chi connectivity index (χ3n) is 5.33. The van der Waals surface area contributed by atoms with E-state index in [0.29, 0.717) is 11.6 Å². The Morgan fingerprint density at radius 2 is 1.97 bits per heavy atom. The van der Waals surface area contributed by atoms with Crippen molar-refractivity contribution in [3.05, 3.63) is 69.0 Å². The van der Waals surface area contributed by atoms with Crippen LogP contribution in [0.1, 0.15) is 17.5 Å². The smallest absolute Gasteiger partial charge is 0.427 e. The van der Waals surface area contributed by atoms with Gasteiger partial charge in [0.15, 0.2) is 10.7 Å². The van der Waals surface area contributed by atoms with Gasteiger partial charge in [-0.1, -0.05) is 23.7 Å². The van der Waals surface area contributed by atoms with Gasteiger partial charge in [-0.2, -0.15) is 0 Å². The molecule has 2 N–H and O–H groups in total. The maximum Gasteiger partial charge on any atom is 0.427 e. The summed E-state index contributed by atoms with van der Waals surface area (Å²) in [6.07, 6.45) is -0.815. The molecule has 2 aromatic carbocycles. The zero-order valence-electron chi connectivity index (χ0n) is 17.5. The SMILES string of the molecule is O=C(O)N(c1cscn1)S(=O)(=O)c1c(F)cc(NCc2c(Cl)cccc2CN2CCC2)cc1F. The summed E-state index contributed by atoms with van der Waals surface area (Å²) in [6, 6.07) is 7.06. The molecule has 0 atom stereocenters. The van der Waals surface area contributed by atoms with Gasteiger partial charge in [0.1, 0.15) is 11.6 Å². The quantitative estimate of drug-likeness (QED) is 0.434. The molecule has 0 radical (unpaired) electrons. The van der Waals surface area contributed by atoms with Gasteiger partial charge in [-0.25, -0.2) is 27.0 Å². The summed E-state index contributed by atoms with van der Waals surface area (Å²) in [5, 5.41) is 13.9. The molecular formula is C21H19ClF2N4O4S2. The molecule has 1 aliphatic heterocycles. The van der Waals surface area contributed by atoms with Gasteiger partial charge in [0.2, 0.25) is 0 Å². The number of hydrogen-bond donors (Lipinski definition) is 2. The summed E-state index contributed by atoms with van der Waals surface area (Å²) in [5.74, 6) is -3.36. The predicted molar refractivity (Wildman–Crippen MR) is 125 cm³/mol. The van der Waals surface area contributed by atoms with Crippen molar-refractivity contribution in [2.75, 3.05) is 22.7 Å². The Hall–Kier alpha value is -2.80. The number of anilines is 2. The number of aromatic nitrogens is 1. The highest BCUT2D eigenvalue weighted by Gasteiger charge is 2.37. The molecule has 1 amide bonds. The van der Waals surface area contributed by atoms with Crippen LogP contribution in [0.25, 0.3) is 0 Å². The van der Waals surface area contributed by atoms with Crippen molar-refractivity contribution in [3.63, 3.8) is 0 Å². The Balaban J connectivity index is 1.60. The number of benzene rings is 2. The molecule has 0 saturated carbocycles. The number of nitrogens with one attached hydrogen (secondary N) is 1. The molecule has 0 spiro atoms. The lowest BCUT2D eigenvalue weighted by molar-refractivity contribution is 0.172. The first-order valence-electron chi connectivity index (χ1n) is 10.1. The van der Waals surface area contributed by atoms with E-state index in [1.165, 1.54) is 5.51 Å². The van der Waals surface area contributed by atoms with Crippen molar-refractivity contribution in [3.8, 4) is 0 Å². The van der Waals surface area contributed by atoms with Crippen molar-refractivity contribution in [1.82, 2.24) is 9.88 Å². The second-order valence-electron chi connectivity index (χ2n) is 7.53. The number of amides is 1. The third kappa shape index (κ3) is 4.85. The maximum absolute atomic E-state index is 14.9. The second kappa shape index (κ2) is 9.82. The van der Waals surface area contributed by atoms with Crippen LogP contribution in [0.2, 0.25) is 5.02 Å². The standard InChI is InChI=1S/C21H19ClF2N4O4S2/c22-16-4-1-3-13(10-27-5-2-6-27)15(16)9-25-14-7-17(23)20(18(24)8-14)34(31,32)28(21(29)30)19-11-33-12-26-19/h1,3-4,7-8,11-12,25H,2,5-6,9-10H2,(H,29,30). The van der Waals surface area contributed by atoms with Crippen LogP contribution in [0.15, 0.2) is 46.1 Å². The number of rotatable bonds is 8. The average molecular weight is 529 g/mol. The molecule has 13 heteroatoms. The van der Waals surface area contributed by atoms with E-state index < -0.39 is 38.5 Å². The Morgan fingerprint density at radius 1 is 1.26 bits per heavy atom. The van der Waals surface area contributed by atoms with Crippen molar-refractivity contribution in [2.24, 2.45) is 0 Å². The van der Waals surface area contributed by atoms with Crippen LogP contribution >= 0.6 is 22.9 Å². The lowest BCUT2D eigenvalue weighted by Gasteiger charge is -2.31. The molecule has 8 nitrogen and oxygen atoms in total. The van der Waals surface area contributed by atoms with Crippen LogP contribution in [0, 0.1) is 11.6 Å². The molecule has 2 heterocycles. The van der Waals surface area contributed by atoms with Gasteiger partial charge in [-0.15, -0.1) is 15.6 Å². The van der Waals surface area contributed by atoms with Gasteiger partial charge in [-0.05, 0) is 48.8 Å². The Morgan fingerprint density at radius 3 is 2.53 bits per heavy atom. The second-order valence-corrected chi connectivity index (χ2v) is 10.4. The van der Waals surface area contributed by atoms with Gasteiger partial charge >= 0.3 is 6.09 Å². The number of carboxylic acid groups (broad SMARTS) is 1. The highest BCUT2D eigenvalue weighted by Crippen LogP contribution is 2.30. The molecule has 0 bridgehead atoms. The monoisotopic (exact) mass is 528 g/mol. The molecule has 1 aromatic heterocycles. The molecule has 1 aliphatic rings. The van der Waals surface area contributed by atoms with Crippen LogP contribution in [-0.4, -0.2) is 42.6 Å². The average Bonchev–Trinajstić information content (AvgIpc) is 3.22. The van der Waals surface area contributed by atoms with E-state index in [2.05, 4.69) is 15.2 Å². The molecule has 1 saturated heterocycles. The summed E-state index contributed by atoms with van der Waals surface area (Å²) in [7, 11) is -5.12. The van der Waals surface area contributed by atoms with Gasteiger partial charge in [-0.3, -0.25) is 4.90 Å². The van der Waals surface area contributed by atoms with E-state index in [-0.39, 0.29) is 16.5 Å². The van der Waals surface area contributed by atoms with Crippen molar-refractivity contribution in [1.29, 1.82) is 0 Å². The fourth-order valence-corrected chi connectivity index (χ4v) is 5.74. The number of hydrogen-bond acceptors (Lipinski definition) is 7. The Bertz CT molecular complexity index is 1300. The summed E-state index contributed by atoms with van der Waals surface area (Å²) < 4.78 is 55.2. The molecule has 0 unspecified atom stereocenters. The van der Waals surface area contributed by atoms with Crippen LogP contribution in [0.4, 0.5) is 25.1 Å². The zero-order valence-corrected chi connectivity index (χ0v) is 19.9. The number of halogens is 3. The first-order valence-corrected chi connectivity index (χ1v) is 12.8. The van der Waals surface area contributed by atoms with Crippen molar-refractivity contribution in [2.45, 2.75) is 24.4 Å². The van der Waals surface area contributed by atoms with E-state index in [1.807, 2.05) is 12.1 Å². The first kappa shape index (κ1) is 24.3. The Kier molecular flexibility index (Phi) is 7.03. The molecule has 34 heavy (non-hydrogen) atoms. The van der Waals surface area contributed by atoms with Crippen LogP contribution in [0.5, 0.6) is 0 Å². The number of carbonyl (C=O) groups is 1. The van der Waals surface area contributed by atoms with Crippen LogP contribution in [0.3, 0.4) is 0 Å². The van der Waals surface area contributed by atoms with Crippen molar-refractivity contribution >= 4 is 50.6 Å². The minimum absolute atomic E-state index is 0.0284. The summed E-state index contributed by atoms with van der Waals surface area (Å²) in [5.41, 5.74) is 2.90. The predicted octanol–water partition coefficient (Wildman–Crippen LogP) is 4.77. The van der Waals surface area contributed by atoms with Gasteiger partial charge in [0, 0.05) is 29.2 Å². The lowest BCUT2D eigenvalue weighted by Crippen LogP contribution is -2.37. The summed E-state index contributed by atoms with van der Waals surface area (Å²) in [4.78, 5) is 16.1. The van der Waals surface area contributed by atoms with Gasteiger partial charge in [0.05, 0.1) is 5.51 Å². The largest absolute Gasteiger partial charge is 0.464 e. The lowest BCUT2D eigenvalue weighted by atomic mass is 10.0. The fourth-order valence-electron chi connectivity index (χ4n) is 3.55. The number of nitrogens with zero attached hydrogens (tertiary/aromatic N) is 3. The van der Waals surface area contributed by atoms with Crippen LogP contribution < -0.4 is 9.62 Å². The zero-order chi connectivity index (χ0) is 24.5. The molecule has 0 aliphatic carbocycles. The van der Waals surface area contributed by atoms with Gasteiger partial charge < -0.3 is 10.4 Å².